The molecule has 0 atom stereocenters. The summed E-state index contributed by atoms with van der Waals surface area (Å²) >= 11 is 0. The number of benzene rings is 1. The number of hydrogen-bond donors (Lipinski definition) is 0. The summed E-state index contributed by atoms with van der Waals surface area (Å²) in [6, 6.07) is 5.44. The molecule has 1 aromatic rings. The summed E-state index contributed by atoms with van der Waals surface area (Å²) in [7, 11) is 3.15. The normalized spacial score (nSPS) is 15.2. The lowest BCUT2D eigenvalue weighted by Crippen LogP contribution is -2.16. The molecule has 0 bridgehead atoms. The fraction of sp³-hybridized carbons (Fsp3) is 0.500. The maximum absolute atomic E-state index is 12.2. The van der Waals surface area contributed by atoms with Crippen molar-refractivity contribution in [2.75, 3.05) is 14.2 Å². The number of ether oxygens (including phenoxy) is 2. The van der Waals surface area contributed by atoms with Gasteiger partial charge < -0.3 is 9.47 Å². The number of ketones is 1. The second-order valence-electron chi connectivity index (χ2n) is 4.47. The minimum Gasteiger partial charge on any atom is -0.493 e. The van der Waals surface area contributed by atoms with Gasteiger partial charge in [-0.05, 0) is 18.1 Å². The molecule has 1 saturated carbocycles. The zero-order valence-corrected chi connectivity index (χ0v) is 10.4. The van der Waals surface area contributed by atoms with Crippen LogP contribution in [0.1, 0.15) is 36.0 Å². The average Bonchev–Trinajstić information content (AvgIpc) is 2.32. The highest BCUT2D eigenvalue weighted by molar-refractivity contribution is 5.99. The van der Waals surface area contributed by atoms with Crippen LogP contribution in [0.3, 0.4) is 0 Å². The Morgan fingerprint density at radius 1 is 1.29 bits per heavy atom. The van der Waals surface area contributed by atoms with Gasteiger partial charge in [-0.25, -0.2) is 0 Å². The molecule has 0 radical (unpaired) electrons. The first-order valence-corrected chi connectivity index (χ1v) is 6.00. The van der Waals surface area contributed by atoms with Crippen LogP contribution in [0.5, 0.6) is 11.5 Å². The van der Waals surface area contributed by atoms with E-state index in [4.69, 9.17) is 9.47 Å². The zero-order chi connectivity index (χ0) is 12.3. The number of carbonyl (C=O) groups excluding carboxylic acids is 1. The molecule has 0 unspecified atom stereocenters. The molecule has 1 aliphatic carbocycles. The molecule has 3 heteroatoms. The Kier molecular flexibility index (Phi) is 3.67. The van der Waals surface area contributed by atoms with Crippen LogP contribution in [-0.4, -0.2) is 20.0 Å². The van der Waals surface area contributed by atoms with Gasteiger partial charge in [0.05, 0.1) is 19.8 Å². The van der Waals surface area contributed by atoms with Crippen LogP contribution in [0.15, 0.2) is 18.2 Å². The van der Waals surface area contributed by atoms with Gasteiger partial charge in [-0.15, -0.1) is 0 Å². The van der Waals surface area contributed by atoms with Gasteiger partial charge in [-0.2, -0.15) is 0 Å². The van der Waals surface area contributed by atoms with Crippen molar-refractivity contribution in [2.24, 2.45) is 5.92 Å². The second kappa shape index (κ2) is 5.21. The number of carbonyl (C=O) groups is 1. The van der Waals surface area contributed by atoms with Crippen LogP contribution in [0.25, 0.3) is 0 Å². The van der Waals surface area contributed by atoms with E-state index in [9.17, 15) is 4.79 Å². The topological polar surface area (TPSA) is 35.5 Å². The van der Waals surface area contributed by atoms with Crippen molar-refractivity contribution in [3.8, 4) is 11.5 Å². The van der Waals surface area contributed by atoms with Crippen LogP contribution >= 0.6 is 0 Å². The van der Waals surface area contributed by atoms with Crippen molar-refractivity contribution in [3.63, 3.8) is 0 Å². The van der Waals surface area contributed by atoms with Gasteiger partial charge in [0.15, 0.2) is 17.3 Å². The zero-order valence-electron chi connectivity index (χ0n) is 10.4. The molecule has 1 fully saturated rings. The Balaban J connectivity index is 2.20. The molecule has 0 aromatic heterocycles. The Morgan fingerprint density at radius 3 is 2.59 bits per heavy atom. The predicted molar refractivity (Wildman–Crippen MR) is 65.8 cm³/mol. The van der Waals surface area contributed by atoms with Crippen LogP contribution in [-0.2, 0) is 0 Å². The lowest BCUT2D eigenvalue weighted by atomic mass is 9.81. The van der Waals surface area contributed by atoms with E-state index in [1.807, 2.05) is 12.1 Å². The lowest BCUT2D eigenvalue weighted by molar-refractivity contribution is 0.0933. The van der Waals surface area contributed by atoms with Gasteiger partial charge >= 0.3 is 0 Å². The summed E-state index contributed by atoms with van der Waals surface area (Å²) in [5.74, 6) is 1.90. The van der Waals surface area contributed by atoms with Gasteiger partial charge in [0.1, 0.15) is 0 Å². The van der Waals surface area contributed by atoms with E-state index < -0.39 is 0 Å². The van der Waals surface area contributed by atoms with Gasteiger partial charge in [-0.1, -0.05) is 25.3 Å². The van der Waals surface area contributed by atoms with Crippen molar-refractivity contribution in [1.82, 2.24) is 0 Å². The Labute approximate surface area is 102 Å². The monoisotopic (exact) mass is 234 g/mol. The molecular weight excluding hydrogens is 216 g/mol. The van der Waals surface area contributed by atoms with Gasteiger partial charge in [0.25, 0.3) is 0 Å². The van der Waals surface area contributed by atoms with Crippen LogP contribution in [0.2, 0.25) is 0 Å². The van der Waals surface area contributed by atoms with Crippen molar-refractivity contribution < 1.29 is 14.3 Å². The summed E-state index contributed by atoms with van der Waals surface area (Å²) in [6.45, 7) is 0. The number of Topliss-reactive ketones (excluding diaryl/α,β-unsaturated/α-hetero) is 1. The highest BCUT2D eigenvalue weighted by Gasteiger charge is 2.24. The first-order chi connectivity index (χ1) is 8.26. The Bertz CT molecular complexity index is 408. The van der Waals surface area contributed by atoms with E-state index in [1.54, 1.807) is 20.3 Å². The van der Waals surface area contributed by atoms with E-state index in [0.717, 1.165) is 0 Å². The van der Waals surface area contributed by atoms with Crippen LogP contribution in [0.4, 0.5) is 0 Å². The number of para-hydroxylation sites is 1. The van der Waals surface area contributed by atoms with E-state index in [-0.39, 0.29) is 5.78 Å². The van der Waals surface area contributed by atoms with E-state index in [0.29, 0.717) is 29.4 Å². The van der Waals surface area contributed by atoms with Crippen molar-refractivity contribution >= 4 is 5.78 Å². The smallest absolute Gasteiger partial charge is 0.171 e. The summed E-state index contributed by atoms with van der Waals surface area (Å²) in [5, 5.41) is 0. The van der Waals surface area contributed by atoms with Crippen molar-refractivity contribution in [3.05, 3.63) is 23.8 Å². The summed E-state index contributed by atoms with van der Waals surface area (Å²) in [6.07, 6.45) is 4.24. The fourth-order valence-electron chi connectivity index (χ4n) is 2.18. The van der Waals surface area contributed by atoms with E-state index >= 15 is 0 Å². The number of rotatable bonds is 5. The summed E-state index contributed by atoms with van der Waals surface area (Å²) in [4.78, 5) is 12.2. The molecule has 0 saturated heterocycles. The third-order valence-corrected chi connectivity index (χ3v) is 3.40. The number of hydrogen-bond acceptors (Lipinski definition) is 3. The van der Waals surface area contributed by atoms with Crippen LogP contribution < -0.4 is 9.47 Å². The van der Waals surface area contributed by atoms with Gasteiger partial charge in [0, 0.05) is 6.42 Å². The van der Waals surface area contributed by atoms with Crippen LogP contribution in [0, 0.1) is 5.92 Å². The minimum atomic E-state index is 0.158. The average molecular weight is 234 g/mol. The summed E-state index contributed by atoms with van der Waals surface area (Å²) in [5.41, 5.74) is 0.638. The van der Waals surface area contributed by atoms with E-state index in [1.165, 1.54) is 19.3 Å². The maximum Gasteiger partial charge on any atom is 0.171 e. The molecule has 0 amide bonds. The summed E-state index contributed by atoms with van der Waals surface area (Å²) < 4.78 is 10.5. The number of methoxy groups -OCH3 is 2. The molecule has 17 heavy (non-hydrogen) atoms. The largest absolute Gasteiger partial charge is 0.493 e. The Morgan fingerprint density at radius 2 is 2.06 bits per heavy atom. The highest BCUT2D eigenvalue weighted by Crippen LogP contribution is 2.35. The van der Waals surface area contributed by atoms with E-state index in [2.05, 4.69) is 0 Å². The predicted octanol–water partition coefficient (Wildman–Crippen LogP) is 3.08. The molecule has 0 spiro atoms. The molecule has 1 aromatic carbocycles. The van der Waals surface area contributed by atoms with Gasteiger partial charge in [0.2, 0.25) is 0 Å². The quantitative estimate of drug-likeness (QED) is 0.734. The molecule has 1 aliphatic rings. The third kappa shape index (κ3) is 2.43. The highest BCUT2D eigenvalue weighted by atomic mass is 16.5. The van der Waals surface area contributed by atoms with Crippen molar-refractivity contribution in [1.29, 1.82) is 0 Å². The SMILES string of the molecule is COc1cccc(C(=O)CC2CCC2)c1OC. The van der Waals surface area contributed by atoms with Gasteiger partial charge in [-0.3, -0.25) is 4.79 Å². The maximum atomic E-state index is 12.2. The lowest BCUT2D eigenvalue weighted by Gasteiger charge is -2.24. The first-order valence-electron chi connectivity index (χ1n) is 6.00. The minimum absolute atomic E-state index is 0.158. The molecule has 2 rings (SSSR count). The molecular formula is C14H18O3. The molecule has 92 valence electrons. The molecule has 0 heterocycles. The first kappa shape index (κ1) is 12.0. The fourth-order valence-corrected chi connectivity index (χ4v) is 2.18. The van der Waals surface area contributed by atoms with Crippen molar-refractivity contribution in [2.45, 2.75) is 25.7 Å². The standard InChI is InChI=1S/C14H18O3/c1-16-13-8-4-7-11(14(13)17-2)12(15)9-10-5-3-6-10/h4,7-8,10H,3,5-6,9H2,1-2H3. The molecule has 3 nitrogen and oxygen atoms in total. The molecule has 0 aliphatic heterocycles. The molecule has 0 N–H and O–H groups in total. The Hall–Kier alpha value is -1.51. The third-order valence-electron chi connectivity index (χ3n) is 3.40. The second-order valence-corrected chi connectivity index (χ2v) is 4.47.